The number of anilines is 2. The zero-order valence-corrected chi connectivity index (χ0v) is 18.1. The van der Waals surface area contributed by atoms with E-state index in [9.17, 15) is 4.79 Å². The SMILES string of the molecule is Cc1ccc(NC(=O)CSc2nnc(N3CCOCC3)n2-c2ccccc2)cc1Cl. The number of benzene rings is 2. The van der Waals surface area contributed by atoms with E-state index < -0.39 is 0 Å². The Balaban J connectivity index is 1.51. The maximum atomic E-state index is 12.5. The van der Waals surface area contributed by atoms with E-state index in [1.165, 1.54) is 11.8 Å². The van der Waals surface area contributed by atoms with E-state index in [1.807, 2.05) is 54.0 Å². The first-order valence-electron chi connectivity index (χ1n) is 9.64. The number of aryl methyl sites for hydroxylation is 1. The van der Waals surface area contributed by atoms with Gasteiger partial charge in [-0.05, 0) is 36.8 Å². The molecule has 30 heavy (non-hydrogen) atoms. The van der Waals surface area contributed by atoms with Crippen molar-refractivity contribution in [3.8, 4) is 5.69 Å². The third-order valence-electron chi connectivity index (χ3n) is 4.71. The summed E-state index contributed by atoms with van der Waals surface area (Å²) in [7, 11) is 0. The van der Waals surface area contributed by atoms with Gasteiger partial charge in [0.2, 0.25) is 11.9 Å². The minimum absolute atomic E-state index is 0.129. The summed E-state index contributed by atoms with van der Waals surface area (Å²) < 4.78 is 7.45. The number of ether oxygens (including phenoxy) is 1. The summed E-state index contributed by atoms with van der Waals surface area (Å²) in [5.41, 5.74) is 2.60. The third kappa shape index (κ3) is 4.77. The highest BCUT2D eigenvalue weighted by molar-refractivity contribution is 7.99. The molecule has 0 aliphatic carbocycles. The molecule has 1 amide bonds. The summed E-state index contributed by atoms with van der Waals surface area (Å²) in [6, 6.07) is 15.4. The van der Waals surface area contributed by atoms with Gasteiger partial charge in [-0.25, -0.2) is 0 Å². The van der Waals surface area contributed by atoms with E-state index in [-0.39, 0.29) is 11.7 Å². The average Bonchev–Trinajstić information content (AvgIpc) is 3.20. The number of amides is 1. The molecule has 1 saturated heterocycles. The largest absolute Gasteiger partial charge is 0.378 e. The van der Waals surface area contributed by atoms with Crippen LogP contribution in [0.15, 0.2) is 53.7 Å². The van der Waals surface area contributed by atoms with Gasteiger partial charge in [-0.15, -0.1) is 10.2 Å². The fourth-order valence-corrected chi connectivity index (χ4v) is 4.05. The number of aromatic nitrogens is 3. The smallest absolute Gasteiger partial charge is 0.234 e. The fraction of sp³-hybridized carbons (Fsp3) is 0.286. The van der Waals surface area contributed by atoms with E-state index in [4.69, 9.17) is 16.3 Å². The predicted molar refractivity (Wildman–Crippen MR) is 120 cm³/mol. The van der Waals surface area contributed by atoms with E-state index in [2.05, 4.69) is 20.4 Å². The molecule has 0 unspecified atom stereocenters. The molecule has 1 aromatic heterocycles. The number of hydrogen-bond donors (Lipinski definition) is 1. The number of nitrogens with zero attached hydrogens (tertiary/aromatic N) is 4. The monoisotopic (exact) mass is 443 g/mol. The van der Waals surface area contributed by atoms with E-state index in [0.29, 0.717) is 29.1 Å². The highest BCUT2D eigenvalue weighted by atomic mass is 35.5. The Morgan fingerprint density at radius 2 is 1.93 bits per heavy atom. The average molecular weight is 444 g/mol. The van der Waals surface area contributed by atoms with Crippen LogP contribution in [0.3, 0.4) is 0 Å². The third-order valence-corrected chi connectivity index (χ3v) is 6.05. The Hall–Kier alpha value is -2.55. The fourth-order valence-electron chi connectivity index (χ4n) is 3.12. The molecule has 1 N–H and O–H groups in total. The Morgan fingerprint density at radius 1 is 1.17 bits per heavy atom. The summed E-state index contributed by atoms with van der Waals surface area (Å²) in [4.78, 5) is 14.6. The molecule has 0 atom stereocenters. The maximum Gasteiger partial charge on any atom is 0.234 e. The van der Waals surface area contributed by atoms with Crippen molar-refractivity contribution in [3.05, 3.63) is 59.1 Å². The first kappa shape index (κ1) is 20.7. The molecule has 1 aliphatic rings. The number of nitrogens with one attached hydrogen (secondary N) is 1. The van der Waals surface area contributed by atoms with Crippen LogP contribution in [0.1, 0.15) is 5.56 Å². The molecule has 1 fully saturated rings. The minimum atomic E-state index is -0.129. The molecule has 0 radical (unpaired) electrons. The van der Waals surface area contributed by atoms with Gasteiger partial charge in [0.1, 0.15) is 0 Å². The van der Waals surface area contributed by atoms with Crippen LogP contribution in [0, 0.1) is 6.92 Å². The van der Waals surface area contributed by atoms with Crippen molar-refractivity contribution in [1.29, 1.82) is 0 Å². The van der Waals surface area contributed by atoms with Crippen LogP contribution in [0.2, 0.25) is 5.02 Å². The van der Waals surface area contributed by atoms with Crippen molar-refractivity contribution in [2.75, 3.05) is 42.3 Å². The summed E-state index contributed by atoms with van der Waals surface area (Å²) >= 11 is 7.49. The number of halogens is 1. The predicted octanol–water partition coefficient (Wildman–Crippen LogP) is 3.80. The zero-order valence-electron chi connectivity index (χ0n) is 16.5. The molecule has 0 spiro atoms. The van der Waals surface area contributed by atoms with Crippen LogP contribution in [0.4, 0.5) is 11.6 Å². The van der Waals surface area contributed by atoms with Crippen molar-refractivity contribution < 1.29 is 9.53 Å². The second-order valence-corrected chi connectivity index (χ2v) is 8.20. The van der Waals surface area contributed by atoms with Gasteiger partial charge in [-0.1, -0.05) is 47.6 Å². The second kappa shape index (κ2) is 9.51. The van der Waals surface area contributed by atoms with E-state index in [0.717, 1.165) is 30.3 Å². The molecule has 156 valence electrons. The Morgan fingerprint density at radius 3 is 2.67 bits per heavy atom. The summed E-state index contributed by atoms with van der Waals surface area (Å²) in [6.45, 7) is 4.75. The lowest BCUT2D eigenvalue weighted by molar-refractivity contribution is -0.113. The van der Waals surface area contributed by atoms with Gasteiger partial charge in [-0.3, -0.25) is 9.36 Å². The second-order valence-electron chi connectivity index (χ2n) is 6.85. The van der Waals surface area contributed by atoms with Crippen LogP contribution < -0.4 is 10.2 Å². The number of carbonyl (C=O) groups is 1. The lowest BCUT2D eigenvalue weighted by Crippen LogP contribution is -2.37. The van der Waals surface area contributed by atoms with Gasteiger partial charge < -0.3 is 15.0 Å². The van der Waals surface area contributed by atoms with Crippen LogP contribution in [-0.4, -0.2) is 52.7 Å². The standard InChI is InChI=1S/C21H22ClN5O2S/c1-15-7-8-16(13-18(15)22)23-19(28)14-30-21-25-24-20(26-9-11-29-12-10-26)27(21)17-5-3-2-4-6-17/h2-8,13H,9-12,14H2,1H3,(H,23,28). The first-order chi connectivity index (χ1) is 14.6. The molecule has 0 saturated carbocycles. The number of para-hydroxylation sites is 1. The van der Waals surface area contributed by atoms with Gasteiger partial charge in [0.15, 0.2) is 5.16 Å². The number of morpholine rings is 1. The van der Waals surface area contributed by atoms with Crippen molar-refractivity contribution in [2.24, 2.45) is 0 Å². The Labute approximate surface area is 184 Å². The lowest BCUT2D eigenvalue weighted by atomic mass is 10.2. The molecule has 3 aromatic rings. The molecule has 2 aromatic carbocycles. The van der Waals surface area contributed by atoms with Gasteiger partial charge >= 0.3 is 0 Å². The quantitative estimate of drug-likeness (QED) is 0.584. The number of carbonyl (C=O) groups excluding carboxylic acids is 1. The molecular weight excluding hydrogens is 422 g/mol. The van der Waals surface area contributed by atoms with Crippen LogP contribution in [-0.2, 0) is 9.53 Å². The highest BCUT2D eigenvalue weighted by Crippen LogP contribution is 2.27. The van der Waals surface area contributed by atoms with Crippen molar-refractivity contribution >= 4 is 40.9 Å². The van der Waals surface area contributed by atoms with Crippen LogP contribution in [0.5, 0.6) is 0 Å². The lowest BCUT2D eigenvalue weighted by Gasteiger charge is -2.27. The van der Waals surface area contributed by atoms with Gasteiger partial charge in [0, 0.05) is 23.8 Å². The molecule has 0 bridgehead atoms. The summed E-state index contributed by atoms with van der Waals surface area (Å²) in [5.74, 6) is 0.840. The van der Waals surface area contributed by atoms with Gasteiger partial charge in [0.25, 0.3) is 0 Å². The first-order valence-corrected chi connectivity index (χ1v) is 11.0. The van der Waals surface area contributed by atoms with E-state index in [1.54, 1.807) is 6.07 Å². The highest BCUT2D eigenvalue weighted by Gasteiger charge is 2.22. The Bertz CT molecular complexity index is 1020. The zero-order chi connectivity index (χ0) is 20.9. The molecule has 4 rings (SSSR count). The van der Waals surface area contributed by atoms with Crippen molar-refractivity contribution in [2.45, 2.75) is 12.1 Å². The number of thioether (sulfide) groups is 1. The minimum Gasteiger partial charge on any atom is -0.378 e. The number of hydrogen-bond acceptors (Lipinski definition) is 6. The molecule has 7 nitrogen and oxygen atoms in total. The van der Waals surface area contributed by atoms with Crippen LogP contribution in [0.25, 0.3) is 5.69 Å². The molecule has 9 heteroatoms. The normalized spacial score (nSPS) is 14.0. The molecule has 1 aliphatic heterocycles. The van der Waals surface area contributed by atoms with Crippen LogP contribution >= 0.6 is 23.4 Å². The maximum absolute atomic E-state index is 12.5. The number of rotatable bonds is 6. The topological polar surface area (TPSA) is 72.3 Å². The Kier molecular flexibility index (Phi) is 6.56. The molecular formula is C21H22ClN5O2S. The van der Waals surface area contributed by atoms with E-state index >= 15 is 0 Å². The van der Waals surface area contributed by atoms with Gasteiger partial charge in [0.05, 0.1) is 24.7 Å². The summed E-state index contributed by atoms with van der Waals surface area (Å²) in [5, 5.41) is 12.9. The molecule has 2 heterocycles. The van der Waals surface area contributed by atoms with Crippen molar-refractivity contribution in [3.63, 3.8) is 0 Å². The summed E-state index contributed by atoms with van der Waals surface area (Å²) in [6.07, 6.45) is 0. The van der Waals surface area contributed by atoms with Gasteiger partial charge in [-0.2, -0.15) is 0 Å². The van der Waals surface area contributed by atoms with Crippen molar-refractivity contribution in [1.82, 2.24) is 14.8 Å².